The quantitative estimate of drug-likeness (QED) is 0.497. The summed E-state index contributed by atoms with van der Waals surface area (Å²) in [5.41, 5.74) is 1.44. The molecule has 0 bridgehead atoms. The summed E-state index contributed by atoms with van der Waals surface area (Å²) in [5.74, 6) is -0.917. The first-order valence-electron chi connectivity index (χ1n) is 9.14. The Labute approximate surface area is 174 Å². The molecule has 1 atom stereocenters. The molecule has 0 aliphatic rings. The van der Waals surface area contributed by atoms with Gasteiger partial charge in [-0.05, 0) is 63.2 Å². The number of carbonyl (C=O) groups excluding carboxylic acids is 4. The third-order valence-electron chi connectivity index (χ3n) is 4.15. The lowest BCUT2D eigenvalue weighted by molar-refractivity contribution is -0.155. The van der Waals surface area contributed by atoms with E-state index in [1.165, 1.54) is 40.0 Å². The minimum Gasteiger partial charge on any atom is -0.493 e. The lowest BCUT2D eigenvalue weighted by Crippen LogP contribution is -2.31. The van der Waals surface area contributed by atoms with Crippen LogP contribution in [0, 0.1) is 0 Å². The van der Waals surface area contributed by atoms with Gasteiger partial charge in [-0.2, -0.15) is 0 Å². The van der Waals surface area contributed by atoms with E-state index in [1.807, 2.05) is 0 Å². The van der Waals surface area contributed by atoms with Gasteiger partial charge in [0.2, 0.25) is 0 Å². The lowest BCUT2D eigenvalue weighted by Gasteiger charge is -2.15. The monoisotopic (exact) mass is 413 g/mol. The van der Waals surface area contributed by atoms with Crippen LogP contribution >= 0.6 is 0 Å². The van der Waals surface area contributed by atoms with Crippen LogP contribution in [-0.2, 0) is 14.3 Å². The molecule has 1 N–H and O–H groups in total. The molecule has 0 radical (unpaired) electrons. The van der Waals surface area contributed by atoms with Crippen LogP contribution < -0.4 is 14.8 Å². The van der Waals surface area contributed by atoms with Gasteiger partial charge >= 0.3 is 5.97 Å². The van der Waals surface area contributed by atoms with Gasteiger partial charge in [0, 0.05) is 16.8 Å². The number of anilines is 1. The summed E-state index contributed by atoms with van der Waals surface area (Å²) in [6, 6.07) is 10.9. The maximum absolute atomic E-state index is 12.2. The number of benzene rings is 2. The van der Waals surface area contributed by atoms with Crippen molar-refractivity contribution in [3.63, 3.8) is 0 Å². The Morgan fingerprint density at radius 2 is 1.50 bits per heavy atom. The molecule has 0 saturated carbocycles. The second-order valence-electron chi connectivity index (χ2n) is 6.47. The van der Waals surface area contributed by atoms with Gasteiger partial charge in [0.25, 0.3) is 5.91 Å². The van der Waals surface area contributed by atoms with Crippen LogP contribution in [0.4, 0.5) is 5.69 Å². The fourth-order valence-electron chi connectivity index (χ4n) is 2.46. The molecule has 2 rings (SSSR count). The summed E-state index contributed by atoms with van der Waals surface area (Å²) >= 11 is 0. The minimum atomic E-state index is -1.06. The van der Waals surface area contributed by atoms with Gasteiger partial charge in [-0.1, -0.05) is 0 Å². The third-order valence-corrected chi connectivity index (χ3v) is 4.15. The number of hydrogen-bond donors (Lipinski definition) is 1. The van der Waals surface area contributed by atoms with E-state index in [2.05, 4.69) is 5.32 Å². The van der Waals surface area contributed by atoms with Crippen LogP contribution in [0.2, 0.25) is 0 Å². The van der Waals surface area contributed by atoms with Crippen molar-refractivity contribution in [2.75, 3.05) is 19.0 Å². The van der Waals surface area contributed by atoms with Crippen LogP contribution in [0.5, 0.6) is 11.5 Å². The topological polar surface area (TPSA) is 108 Å². The molecule has 1 amide bonds. The van der Waals surface area contributed by atoms with E-state index in [-0.39, 0.29) is 17.3 Å². The van der Waals surface area contributed by atoms with Crippen molar-refractivity contribution in [3.05, 3.63) is 53.6 Å². The molecule has 0 heterocycles. The van der Waals surface area contributed by atoms with Crippen molar-refractivity contribution < 1.29 is 33.4 Å². The molecule has 0 aliphatic carbocycles. The second kappa shape index (κ2) is 10.2. The van der Waals surface area contributed by atoms with Crippen molar-refractivity contribution in [1.82, 2.24) is 0 Å². The zero-order valence-electron chi connectivity index (χ0n) is 17.2. The van der Waals surface area contributed by atoms with Gasteiger partial charge in [-0.3, -0.25) is 14.4 Å². The van der Waals surface area contributed by atoms with Crippen molar-refractivity contribution in [2.45, 2.75) is 26.9 Å². The molecule has 0 aromatic heterocycles. The minimum absolute atomic E-state index is 0.0808. The van der Waals surface area contributed by atoms with Crippen molar-refractivity contribution in [1.29, 1.82) is 0 Å². The molecule has 0 fully saturated rings. The van der Waals surface area contributed by atoms with E-state index in [1.54, 1.807) is 30.3 Å². The van der Waals surface area contributed by atoms with Crippen LogP contribution in [0.15, 0.2) is 42.5 Å². The number of hydrogen-bond acceptors (Lipinski definition) is 7. The largest absolute Gasteiger partial charge is 0.493 e. The molecule has 8 nitrogen and oxygen atoms in total. The number of ketones is 2. The number of rotatable bonds is 9. The molecule has 0 unspecified atom stereocenters. The number of methoxy groups -OCH3 is 1. The average molecular weight is 413 g/mol. The highest BCUT2D eigenvalue weighted by atomic mass is 16.6. The van der Waals surface area contributed by atoms with Crippen molar-refractivity contribution >= 4 is 29.1 Å². The molecule has 2 aromatic carbocycles. The number of carbonyl (C=O) groups is 4. The van der Waals surface area contributed by atoms with Gasteiger partial charge < -0.3 is 19.5 Å². The number of Topliss-reactive ketones (excluding diaryl/α,β-unsaturated/α-hetero) is 2. The van der Waals surface area contributed by atoms with Crippen LogP contribution in [0.1, 0.15) is 41.5 Å². The molecule has 8 heteroatoms. The average Bonchev–Trinajstić information content (AvgIpc) is 2.72. The van der Waals surface area contributed by atoms with Crippen molar-refractivity contribution in [2.24, 2.45) is 0 Å². The molecule has 30 heavy (non-hydrogen) atoms. The smallest absolute Gasteiger partial charge is 0.344 e. The van der Waals surface area contributed by atoms with E-state index in [4.69, 9.17) is 14.2 Å². The first-order valence-corrected chi connectivity index (χ1v) is 9.14. The fraction of sp³-hybridized carbons (Fsp3) is 0.273. The van der Waals surface area contributed by atoms with E-state index >= 15 is 0 Å². The fourth-order valence-corrected chi connectivity index (χ4v) is 2.46. The summed E-state index contributed by atoms with van der Waals surface area (Å²) in [7, 11) is 1.42. The molecule has 0 spiro atoms. The maximum atomic E-state index is 12.2. The van der Waals surface area contributed by atoms with Crippen molar-refractivity contribution in [3.8, 4) is 11.5 Å². The molecular formula is C22H23NO7. The highest BCUT2D eigenvalue weighted by molar-refractivity contribution is 5.97. The number of esters is 1. The summed E-state index contributed by atoms with van der Waals surface area (Å²) in [4.78, 5) is 46.9. The maximum Gasteiger partial charge on any atom is 0.344 e. The van der Waals surface area contributed by atoms with E-state index in [0.29, 0.717) is 22.6 Å². The summed E-state index contributed by atoms with van der Waals surface area (Å²) in [6.07, 6.45) is -1.06. The van der Waals surface area contributed by atoms with Crippen LogP contribution in [0.25, 0.3) is 0 Å². The highest BCUT2D eigenvalue weighted by Crippen LogP contribution is 2.28. The van der Waals surface area contributed by atoms with Gasteiger partial charge in [-0.15, -0.1) is 0 Å². The summed E-state index contributed by atoms with van der Waals surface area (Å²) in [5, 5.41) is 2.60. The Balaban J connectivity index is 1.88. The van der Waals surface area contributed by atoms with Gasteiger partial charge in [0.05, 0.1) is 7.11 Å². The first kappa shape index (κ1) is 22.6. The van der Waals surface area contributed by atoms with Crippen LogP contribution in [0.3, 0.4) is 0 Å². The van der Waals surface area contributed by atoms with E-state index < -0.39 is 24.6 Å². The van der Waals surface area contributed by atoms with Gasteiger partial charge in [0.15, 0.2) is 35.8 Å². The molecule has 158 valence electrons. The Bertz CT molecular complexity index is 950. The molecular weight excluding hydrogens is 390 g/mol. The zero-order chi connectivity index (χ0) is 22.3. The Hall–Kier alpha value is -3.68. The summed E-state index contributed by atoms with van der Waals surface area (Å²) in [6.45, 7) is 3.86. The highest BCUT2D eigenvalue weighted by Gasteiger charge is 2.19. The Morgan fingerprint density at radius 3 is 2.07 bits per heavy atom. The molecule has 0 aliphatic heterocycles. The zero-order valence-corrected chi connectivity index (χ0v) is 17.2. The predicted octanol–water partition coefficient (Wildman–Crippen LogP) is 3.05. The first-order chi connectivity index (χ1) is 14.2. The summed E-state index contributed by atoms with van der Waals surface area (Å²) < 4.78 is 15.6. The Morgan fingerprint density at radius 1 is 0.900 bits per heavy atom. The Kier molecular flexibility index (Phi) is 7.69. The number of ether oxygens (including phenoxy) is 3. The lowest BCUT2D eigenvalue weighted by atomic mass is 10.1. The van der Waals surface area contributed by atoms with Gasteiger partial charge in [-0.25, -0.2) is 4.79 Å². The van der Waals surface area contributed by atoms with Gasteiger partial charge in [0.1, 0.15) is 0 Å². The molecule has 0 saturated heterocycles. The SMILES string of the molecule is COc1cc(C(C)=O)ccc1OCC(=O)O[C@@H](C)C(=O)Nc1ccc(C(C)=O)cc1. The third kappa shape index (κ3) is 6.16. The van der Waals surface area contributed by atoms with Crippen LogP contribution in [-0.4, -0.2) is 43.3 Å². The predicted molar refractivity (Wildman–Crippen MR) is 109 cm³/mol. The number of nitrogens with one attached hydrogen (secondary N) is 1. The standard InChI is InChI=1S/C22H23NO7/c1-13(24)16-5-8-18(9-6-16)23-22(27)15(3)30-21(26)12-29-19-10-7-17(14(2)25)11-20(19)28-4/h5-11,15H,12H2,1-4H3,(H,23,27)/t15-/m0/s1. The second-order valence-corrected chi connectivity index (χ2v) is 6.47. The van der Waals surface area contributed by atoms with E-state index in [0.717, 1.165) is 0 Å². The van der Waals surface area contributed by atoms with E-state index in [9.17, 15) is 19.2 Å². The number of amides is 1. The molecule has 2 aromatic rings. The normalized spacial score (nSPS) is 11.2.